The largest absolute Gasteiger partial charge is 0.274 e. The van der Waals surface area contributed by atoms with Crippen LogP contribution in [0.25, 0.3) is 0 Å². The van der Waals surface area contributed by atoms with E-state index in [1.54, 1.807) is 48.5 Å². The number of benzene rings is 2. The van der Waals surface area contributed by atoms with Gasteiger partial charge in [-0.05, 0) is 24.3 Å². The first-order valence-electron chi connectivity index (χ1n) is 6.88. The Morgan fingerprint density at radius 1 is 1.00 bits per heavy atom. The number of carbonyl (C=O) groups is 2. The van der Waals surface area contributed by atoms with Crippen molar-refractivity contribution in [1.82, 2.24) is 0 Å². The van der Waals surface area contributed by atoms with E-state index in [9.17, 15) is 14.9 Å². The van der Waals surface area contributed by atoms with E-state index in [1.807, 2.05) is 18.3 Å². The maximum atomic E-state index is 12.6. The van der Waals surface area contributed by atoms with Gasteiger partial charge in [0.15, 0.2) is 6.19 Å². The van der Waals surface area contributed by atoms with E-state index < -0.39 is 6.04 Å². The summed E-state index contributed by atoms with van der Waals surface area (Å²) in [6, 6.07) is 16.9. The Hall–Kier alpha value is -3.13. The molecule has 22 heavy (non-hydrogen) atoms. The Balaban J connectivity index is 1.92. The first-order chi connectivity index (χ1) is 10.7. The molecular formula is C17H13N3O2. The summed E-state index contributed by atoms with van der Waals surface area (Å²) in [5.41, 5.74) is 1.14. The van der Waals surface area contributed by atoms with Crippen LogP contribution in [0.5, 0.6) is 0 Å². The summed E-state index contributed by atoms with van der Waals surface area (Å²) in [6.07, 6.45) is 2.01. The van der Waals surface area contributed by atoms with E-state index in [0.29, 0.717) is 11.4 Å². The predicted octanol–water partition coefficient (Wildman–Crippen LogP) is 2.31. The molecule has 2 aromatic rings. The SMILES string of the molecule is N#CN(c1ccccc1)C1CC(=O)N(c2ccccc2)C1=O. The summed E-state index contributed by atoms with van der Waals surface area (Å²) < 4.78 is 0. The summed E-state index contributed by atoms with van der Waals surface area (Å²) in [7, 11) is 0. The zero-order valence-electron chi connectivity index (χ0n) is 11.7. The maximum absolute atomic E-state index is 12.6. The minimum absolute atomic E-state index is 0.00379. The summed E-state index contributed by atoms with van der Waals surface area (Å²) in [5, 5.41) is 9.39. The lowest BCUT2D eigenvalue weighted by molar-refractivity contribution is -0.121. The first-order valence-corrected chi connectivity index (χ1v) is 6.88. The Morgan fingerprint density at radius 2 is 1.59 bits per heavy atom. The number of hydrogen-bond donors (Lipinski definition) is 0. The molecule has 1 aliphatic rings. The van der Waals surface area contributed by atoms with Gasteiger partial charge in [0.05, 0.1) is 17.8 Å². The zero-order valence-corrected chi connectivity index (χ0v) is 11.7. The van der Waals surface area contributed by atoms with Crippen molar-refractivity contribution in [3.8, 4) is 6.19 Å². The molecule has 0 N–H and O–H groups in total. The van der Waals surface area contributed by atoms with Gasteiger partial charge in [-0.2, -0.15) is 5.26 Å². The van der Waals surface area contributed by atoms with E-state index >= 15 is 0 Å². The van der Waals surface area contributed by atoms with Crippen LogP contribution >= 0.6 is 0 Å². The van der Waals surface area contributed by atoms with Gasteiger partial charge in [0.25, 0.3) is 5.91 Å². The Morgan fingerprint density at radius 3 is 2.18 bits per heavy atom. The molecule has 0 radical (unpaired) electrons. The molecule has 108 valence electrons. The number of imide groups is 1. The fraction of sp³-hybridized carbons (Fsp3) is 0.118. The lowest BCUT2D eigenvalue weighted by Crippen LogP contribution is -2.39. The lowest BCUT2D eigenvalue weighted by Gasteiger charge is -2.21. The summed E-state index contributed by atoms with van der Waals surface area (Å²) >= 11 is 0. The van der Waals surface area contributed by atoms with Crippen LogP contribution in [0.2, 0.25) is 0 Å². The Bertz CT molecular complexity index is 738. The van der Waals surface area contributed by atoms with Crippen LogP contribution in [-0.4, -0.2) is 17.9 Å². The van der Waals surface area contributed by atoms with Gasteiger partial charge in [-0.15, -0.1) is 0 Å². The van der Waals surface area contributed by atoms with Crippen molar-refractivity contribution in [3.05, 3.63) is 60.7 Å². The van der Waals surface area contributed by atoms with E-state index in [1.165, 1.54) is 4.90 Å². The molecule has 1 atom stereocenters. The number of anilines is 2. The van der Waals surface area contributed by atoms with Crippen LogP contribution in [0.1, 0.15) is 6.42 Å². The fourth-order valence-electron chi connectivity index (χ4n) is 2.56. The van der Waals surface area contributed by atoms with Crippen molar-refractivity contribution in [2.45, 2.75) is 12.5 Å². The highest BCUT2D eigenvalue weighted by molar-refractivity contribution is 6.23. The van der Waals surface area contributed by atoms with Crippen molar-refractivity contribution in [2.24, 2.45) is 0 Å². The minimum atomic E-state index is -0.792. The highest BCUT2D eigenvalue weighted by Gasteiger charge is 2.43. The molecule has 1 fully saturated rings. The van der Waals surface area contributed by atoms with Crippen LogP contribution in [-0.2, 0) is 9.59 Å². The number of para-hydroxylation sites is 2. The molecule has 0 aliphatic carbocycles. The highest BCUT2D eigenvalue weighted by Crippen LogP contribution is 2.28. The monoisotopic (exact) mass is 291 g/mol. The third-order valence-electron chi connectivity index (χ3n) is 3.59. The quantitative estimate of drug-likeness (QED) is 0.494. The first kappa shape index (κ1) is 13.8. The van der Waals surface area contributed by atoms with Crippen molar-refractivity contribution in [2.75, 3.05) is 9.80 Å². The fourth-order valence-corrected chi connectivity index (χ4v) is 2.56. The number of nitrogens with zero attached hydrogens (tertiary/aromatic N) is 3. The number of carbonyl (C=O) groups excluding carboxylic acids is 2. The Kier molecular flexibility index (Phi) is 3.58. The van der Waals surface area contributed by atoms with Crippen LogP contribution in [0.15, 0.2) is 60.7 Å². The second-order valence-electron chi connectivity index (χ2n) is 4.93. The van der Waals surface area contributed by atoms with Crippen LogP contribution in [0.4, 0.5) is 11.4 Å². The molecule has 1 aliphatic heterocycles. The molecule has 1 saturated heterocycles. The topological polar surface area (TPSA) is 64.4 Å². The average molecular weight is 291 g/mol. The van der Waals surface area contributed by atoms with E-state index in [2.05, 4.69) is 0 Å². The summed E-state index contributed by atoms with van der Waals surface area (Å²) in [4.78, 5) is 27.3. The van der Waals surface area contributed by atoms with Crippen molar-refractivity contribution < 1.29 is 9.59 Å². The summed E-state index contributed by atoms with van der Waals surface area (Å²) in [5.74, 6) is -0.668. The van der Waals surface area contributed by atoms with Gasteiger partial charge in [0, 0.05) is 0 Å². The third kappa shape index (κ3) is 2.31. The van der Waals surface area contributed by atoms with Gasteiger partial charge in [0.1, 0.15) is 6.04 Å². The smallest absolute Gasteiger partial charge is 0.258 e. The second kappa shape index (κ2) is 5.70. The minimum Gasteiger partial charge on any atom is -0.274 e. The molecule has 5 nitrogen and oxygen atoms in total. The van der Waals surface area contributed by atoms with Gasteiger partial charge in [-0.3, -0.25) is 14.5 Å². The lowest BCUT2D eigenvalue weighted by atomic mass is 10.2. The molecule has 5 heteroatoms. The van der Waals surface area contributed by atoms with E-state index in [0.717, 1.165) is 4.90 Å². The molecule has 0 bridgehead atoms. The average Bonchev–Trinajstić information content (AvgIpc) is 2.85. The van der Waals surface area contributed by atoms with E-state index in [4.69, 9.17) is 0 Å². The number of hydrogen-bond acceptors (Lipinski definition) is 4. The molecular weight excluding hydrogens is 278 g/mol. The molecule has 0 aromatic heterocycles. The predicted molar refractivity (Wildman–Crippen MR) is 81.9 cm³/mol. The molecule has 1 heterocycles. The third-order valence-corrected chi connectivity index (χ3v) is 3.59. The van der Waals surface area contributed by atoms with Gasteiger partial charge < -0.3 is 0 Å². The zero-order chi connectivity index (χ0) is 15.5. The van der Waals surface area contributed by atoms with Crippen LogP contribution < -0.4 is 9.80 Å². The van der Waals surface area contributed by atoms with Crippen molar-refractivity contribution in [3.63, 3.8) is 0 Å². The number of rotatable bonds is 3. The van der Waals surface area contributed by atoms with Crippen molar-refractivity contribution in [1.29, 1.82) is 5.26 Å². The summed E-state index contributed by atoms with van der Waals surface area (Å²) in [6.45, 7) is 0. The maximum Gasteiger partial charge on any atom is 0.258 e. The van der Waals surface area contributed by atoms with Gasteiger partial charge >= 0.3 is 0 Å². The van der Waals surface area contributed by atoms with Crippen LogP contribution in [0.3, 0.4) is 0 Å². The molecule has 3 rings (SSSR count). The van der Waals surface area contributed by atoms with E-state index in [-0.39, 0.29) is 18.2 Å². The van der Waals surface area contributed by atoms with Gasteiger partial charge in [0.2, 0.25) is 5.91 Å². The molecule has 2 amide bonds. The molecule has 0 saturated carbocycles. The molecule has 1 unspecified atom stereocenters. The molecule has 0 spiro atoms. The van der Waals surface area contributed by atoms with Gasteiger partial charge in [-0.25, -0.2) is 4.90 Å². The van der Waals surface area contributed by atoms with Crippen molar-refractivity contribution >= 4 is 23.2 Å². The Labute approximate surface area is 128 Å². The van der Waals surface area contributed by atoms with Gasteiger partial charge in [-0.1, -0.05) is 36.4 Å². The molecule has 2 aromatic carbocycles. The second-order valence-corrected chi connectivity index (χ2v) is 4.93. The van der Waals surface area contributed by atoms with Crippen LogP contribution in [0, 0.1) is 11.5 Å². The highest BCUT2D eigenvalue weighted by atomic mass is 16.2. The number of amides is 2. The normalized spacial score (nSPS) is 17.4. The number of nitriles is 1. The standard InChI is InChI=1S/C17H13N3O2/c18-12-19(13-7-3-1-4-8-13)15-11-16(21)20(17(15)22)14-9-5-2-6-10-14/h1-10,15H,11H2.